The Morgan fingerprint density at radius 1 is 1.11 bits per heavy atom. The van der Waals surface area contributed by atoms with E-state index in [2.05, 4.69) is 0 Å². The van der Waals surface area contributed by atoms with Gasteiger partial charge in [0.05, 0.1) is 5.69 Å². The normalized spacial score (nSPS) is 10.3. The van der Waals surface area contributed by atoms with Crippen LogP contribution in [-0.4, -0.2) is 4.57 Å². The summed E-state index contributed by atoms with van der Waals surface area (Å²) in [6.45, 7) is 7.68. The summed E-state index contributed by atoms with van der Waals surface area (Å²) in [4.78, 5) is 12.4. The van der Waals surface area contributed by atoms with Gasteiger partial charge in [0.2, 0.25) is 0 Å². The number of nitriles is 1. The second-order valence-electron chi connectivity index (χ2n) is 4.82. The van der Waals surface area contributed by atoms with Crippen molar-refractivity contribution in [1.29, 1.82) is 5.26 Å². The highest BCUT2D eigenvalue weighted by Gasteiger charge is 2.13. The van der Waals surface area contributed by atoms with E-state index in [9.17, 15) is 4.79 Å². The minimum Gasteiger partial charge on any atom is -0.280 e. The van der Waals surface area contributed by atoms with Crippen LogP contribution in [0.1, 0.15) is 27.9 Å². The molecule has 0 amide bonds. The van der Waals surface area contributed by atoms with Crippen LogP contribution < -0.4 is 5.56 Å². The van der Waals surface area contributed by atoms with Crippen LogP contribution in [0.4, 0.5) is 0 Å². The molecule has 0 spiro atoms. The summed E-state index contributed by atoms with van der Waals surface area (Å²) in [5, 5.41) is 9.12. The van der Waals surface area contributed by atoms with Gasteiger partial charge < -0.3 is 0 Å². The first-order chi connectivity index (χ1) is 8.97. The molecule has 0 radical (unpaired) electrons. The molecule has 0 fully saturated rings. The van der Waals surface area contributed by atoms with Gasteiger partial charge in [-0.05, 0) is 56.5 Å². The van der Waals surface area contributed by atoms with Gasteiger partial charge in [-0.1, -0.05) is 12.1 Å². The van der Waals surface area contributed by atoms with Gasteiger partial charge in [-0.3, -0.25) is 9.36 Å². The number of benzene rings is 1. The molecule has 2 rings (SSSR count). The minimum absolute atomic E-state index is 0.214. The highest BCUT2D eigenvalue weighted by atomic mass is 16.1. The predicted octanol–water partition coefficient (Wildman–Crippen LogP) is 2.94. The van der Waals surface area contributed by atoms with E-state index in [1.807, 2.05) is 51.1 Å². The van der Waals surface area contributed by atoms with E-state index < -0.39 is 0 Å². The van der Waals surface area contributed by atoms with Crippen molar-refractivity contribution in [3.05, 3.63) is 62.6 Å². The quantitative estimate of drug-likeness (QED) is 0.783. The molecule has 1 aromatic heterocycles. The topological polar surface area (TPSA) is 45.8 Å². The van der Waals surface area contributed by atoms with Gasteiger partial charge in [-0.15, -0.1) is 0 Å². The molecule has 19 heavy (non-hydrogen) atoms. The molecule has 0 aliphatic heterocycles. The van der Waals surface area contributed by atoms with Crippen molar-refractivity contribution in [1.82, 2.24) is 4.57 Å². The van der Waals surface area contributed by atoms with Crippen molar-refractivity contribution in [2.24, 2.45) is 0 Å². The number of aryl methyl sites for hydroxylation is 3. The van der Waals surface area contributed by atoms with Crippen LogP contribution in [0.3, 0.4) is 0 Å². The molecule has 0 saturated heterocycles. The van der Waals surface area contributed by atoms with Crippen molar-refractivity contribution < 1.29 is 0 Å². The van der Waals surface area contributed by atoms with E-state index in [1.165, 1.54) is 0 Å². The molecule has 0 atom stereocenters. The van der Waals surface area contributed by atoms with Crippen molar-refractivity contribution in [3.8, 4) is 11.8 Å². The van der Waals surface area contributed by atoms with Gasteiger partial charge >= 0.3 is 0 Å². The molecule has 3 heteroatoms. The Morgan fingerprint density at radius 3 is 2.42 bits per heavy atom. The zero-order valence-electron chi connectivity index (χ0n) is 11.6. The summed E-state index contributed by atoms with van der Waals surface area (Å²) in [6.07, 6.45) is 0. The molecule has 0 aliphatic rings. The lowest BCUT2D eigenvalue weighted by molar-refractivity contribution is 0.909. The lowest BCUT2D eigenvalue weighted by Crippen LogP contribution is -2.25. The van der Waals surface area contributed by atoms with Crippen molar-refractivity contribution in [3.63, 3.8) is 0 Å². The first kappa shape index (κ1) is 13.1. The second kappa shape index (κ2) is 4.74. The Labute approximate surface area is 112 Å². The van der Waals surface area contributed by atoms with Crippen LogP contribution in [-0.2, 0) is 0 Å². The van der Waals surface area contributed by atoms with E-state index >= 15 is 0 Å². The largest absolute Gasteiger partial charge is 0.280 e. The zero-order chi connectivity index (χ0) is 14.2. The monoisotopic (exact) mass is 252 g/mol. The minimum atomic E-state index is -0.242. The molecule has 1 aromatic carbocycles. The lowest BCUT2D eigenvalue weighted by Gasteiger charge is -2.15. The van der Waals surface area contributed by atoms with Crippen LogP contribution in [0.2, 0.25) is 0 Å². The first-order valence-corrected chi connectivity index (χ1v) is 6.17. The maximum atomic E-state index is 12.4. The summed E-state index contributed by atoms with van der Waals surface area (Å²) in [6, 6.07) is 9.73. The third-order valence-electron chi connectivity index (χ3n) is 3.52. The maximum Gasteiger partial charge on any atom is 0.273 e. The van der Waals surface area contributed by atoms with E-state index in [0.717, 1.165) is 28.1 Å². The van der Waals surface area contributed by atoms with Crippen LogP contribution in [0.5, 0.6) is 0 Å². The van der Waals surface area contributed by atoms with Crippen molar-refractivity contribution in [2.75, 3.05) is 0 Å². The number of nitrogens with zero attached hydrogens (tertiary/aromatic N) is 2. The van der Waals surface area contributed by atoms with Gasteiger partial charge in [0, 0.05) is 5.69 Å². The summed E-state index contributed by atoms with van der Waals surface area (Å²) < 4.78 is 1.62. The van der Waals surface area contributed by atoms with E-state index in [0.29, 0.717) is 0 Å². The first-order valence-electron chi connectivity index (χ1n) is 6.17. The molecular formula is C16H16N2O. The third-order valence-corrected chi connectivity index (χ3v) is 3.52. The molecule has 96 valence electrons. The fourth-order valence-electron chi connectivity index (χ4n) is 2.30. The lowest BCUT2D eigenvalue weighted by atomic mass is 10.1. The van der Waals surface area contributed by atoms with E-state index in [1.54, 1.807) is 11.5 Å². The Bertz CT molecular complexity index is 749. The molecule has 0 bridgehead atoms. The average molecular weight is 252 g/mol. The van der Waals surface area contributed by atoms with Gasteiger partial charge in [0.1, 0.15) is 11.6 Å². The van der Waals surface area contributed by atoms with Crippen LogP contribution in [0.25, 0.3) is 5.69 Å². The van der Waals surface area contributed by atoms with Gasteiger partial charge in [-0.25, -0.2) is 0 Å². The number of pyridine rings is 1. The molecule has 0 N–H and O–H groups in total. The SMILES string of the molecule is Cc1cccc(-n2c(C)cc(C)c(C#N)c2=O)c1C. The summed E-state index contributed by atoms with van der Waals surface area (Å²) >= 11 is 0. The highest BCUT2D eigenvalue weighted by Crippen LogP contribution is 2.18. The fourth-order valence-corrected chi connectivity index (χ4v) is 2.30. The summed E-state index contributed by atoms with van der Waals surface area (Å²) in [5.74, 6) is 0. The standard InChI is InChI=1S/C16H16N2O/c1-10-6-5-7-15(13(10)4)18-12(3)8-11(2)14(9-17)16(18)19/h5-8H,1-4H3. The number of rotatable bonds is 1. The van der Waals surface area contributed by atoms with Crippen LogP contribution >= 0.6 is 0 Å². The molecule has 0 aliphatic carbocycles. The maximum absolute atomic E-state index is 12.4. The van der Waals surface area contributed by atoms with Crippen molar-refractivity contribution in [2.45, 2.75) is 27.7 Å². The number of aromatic nitrogens is 1. The molecule has 1 heterocycles. The smallest absolute Gasteiger partial charge is 0.273 e. The molecule has 0 saturated carbocycles. The van der Waals surface area contributed by atoms with Gasteiger partial charge in [0.15, 0.2) is 0 Å². The number of hydrogen-bond acceptors (Lipinski definition) is 2. The molecular weight excluding hydrogens is 236 g/mol. The van der Waals surface area contributed by atoms with E-state index in [-0.39, 0.29) is 11.1 Å². The van der Waals surface area contributed by atoms with Crippen LogP contribution in [0.15, 0.2) is 29.1 Å². The van der Waals surface area contributed by atoms with E-state index in [4.69, 9.17) is 5.26 Å². The summed E-state index contributed by atoms with van der Waals surface area (Å²) in [5.41, 5.74) is 4.57. The zero-order valence-corrected chi connectivity index (χ0v) is 11.6. The number of hydrogen-bond donors (Lipinski definition) is 0. The Morgan fingerprint density at radius 2 is 1.79 bits per heavy atom. The Kier molecular flexibility index (Phi) is 3.26. The van der Waals surface area contributed by atoms with Gasteiger partial charge in [0.25, 0.3) is 5.56 Å². The third kappa shape index (κ3) is 2.06. The highest BCUT2D eigenvalue weighted by molar-refractivity contribution is 5.48. The fraction of sp³-hybridized carbons (Fsp3) is 0.250. The molecule has 0 unspecified atom stereocenters. The Balaban J connectivity index is 2.88. The molecule has 2 aromatic rings. The second-order valence-corrected chi connectivity index (χ2v) is 4.82. The predicted molar refractivity (Wildman–Crippen MR) is 75.7 cm³/mol. The molecule has 3 nitrogen and oxygen atoms in total. The summed E-state index contributed by atoms with van der Waals surface area (Å²) in [7, 11) is 0. The average Bonchev–Trinajstić information content (AvgIpc) is 2.34. The Hall–Kier alpha value is -2.34. The van der Waals surface area contributed by atoms with Crippen molar-refractivity contribution >= 4 is 0 Å². The van der Waals surface area contributed by atoms with Gasteiger partial charge in [-0.2, -0.15) is 5.26 Å². The van der Waals surface area contributed by atoms with Crippen LogP contribution in [0, 0.1) is 39.0 Å².